The predicted octanol–water partition coefficient (Wildman–Crippen LogP) is 10.0. The van der Waals surface area contributed by atoms with Gasteiger partial charge in [0.2, 0.25) is 0 Å². The molecule has 6 rings (SSSR count). The zero-order valence-corrected chi connectivity index (χ0v) is 39.1. The number of carbonyl (C=O) groups is 2. The van der Waals surface area contributed by atoms with Crippen LogP contribution in [0.25, 0.3) is 11.1 Å². The molecule has 6 aromatic rings. The fourth-order valence-electron chi connectivity index (χ4n) is 7.24. The van der Waals surface area contributed by atoms with E-state index in [-0.39, 0.29) is 50.7 Å². The molecule has 350 valence electrons. The minimum absolute atomic E-state index is 0.0536. The number of hydrogen-bond donors (Lipinski definition) is 4. The van der Waals surface area contributed by atoms with Gasteiger partial charge in [-0.25, -0.2) is 9.97 Å². The van der Waals surface area contributed by atoms with Crippen molar-refractivity contribution in [2.45, 2.75) is 79.0 Å². The summed E-state index contributed by atoms with van der Waals surface area (Å²) in [4.78, 5) is 30.1. The van der Waals surface area contributed by atoms with E-state index in [1.54, 1.807) is 60.9 Å². The smallest absolute Gasteiger partial charge is 0.303 e. The molecule has 4 N–H and O–H groups in total. The largest absolute Gasteiger partial charge is 0.488 e. The SMILES string of the molecule is Cc1c(COc2cc(OCc3ccnc(C#N)c3)c(CNCCCC(=O)O)cc2Cl)cccc1-c1cccc(COc2cc(OCc3ccnc(C#N)c3)c(CNCCCC(=O)O)cc2Cl)c1C. The number of hydrogen-bond acceptors (Lipinski definition) is 12. The highest BCUT2D eigenvalue weighted by atomic mass is 35.5. The number of rotatable bonds is 25. The molecule has 0 atom stereocenters. The van der Waals surface area contributed by atoms with Crippen LogP contribution in [0.4, 0.5) is 0 Å². The minimum Gasteiger partial charge on any atom is -0.488 e. The Labute approximate surface area is 405 Å². The Hall–Kier alpha value is -7.20. The number of nitriles is 2. The molecule has 16 heteroatoms. The lowest BCUT2D eigenvalue weighted by molar-refractivity contribution is -0.138. The van der Waals surface area contributed by atoms with Crippen molar-refractivity contribution < 1.29 is 38.7 Å². The van der Waals surface area contributed by atoms with Gasteiger partial charge < -0.3 is 39.8 Å². The van der Waals surface area contributed by atoms with Crippen LogP contribution in [0.3, 0.4) is 0 Å². The molecule has 0 amide bonds. The first-order valence-corrected chi connectivity index (χ1v) is 22.6. The van der Waals surface area contributed by atoms with Crippen LogP contribution in [0, 0.1) is 36.5 Å². The quantitative estimate of drug-likeness (QED) is 0.0394. The third-order valence-corrected chi connectivity index (χ3v) is 11.6. The topological polar surface area (TPSA) is 209 Å². The van der Waals surface area contributed by atoms with Gasteiger partial charge >= 0.3 is 11.9 Å². The van der Waals surface area contributed by atoms with Gasteiger partial charge in [-0.2, -0.15) is 10.5 Å². The molecule has 4 aromatic carbocycles. The number of ether oxygens (including phenoxy) is 4. The molecule has 0 saturated heterocycles. The maximum atomic E-state index is 11.0. The molecule has 0 unspecified atom stereocenters. The minimum atomic E-state index is -0.856. The van der Waals surface area contributed by atoms with E-state index in [1.165, 1.54) is 0 Å². The summed E-state index contributed by atoms with van der Waals surface area (Å²) in [5, 5.41) is 44.0. The van der Waals surface area contributed by atoms with Crippen molar-refractivity contribution in [2.75, 3.05) is 13.1 Å². The lowest BCUT2D eigenvalue weighted by atomic mass is 9.92. The van der Waals surface area contributed by atoms with Gasteiger partial charge in [-0.1, -0.05) is 59.6 Å². The van der Waals surface area contributed by atoms with E-state index in [9.17, 15) is 20.1 Å². The van der Waals surface area contributed by atoms with Crippen molar-refractivity contribution >= 4 is 35.1 Å². The van der Waals surface area contributed by atoms with Gasteiger partial charge in [-0.3, -0.25) is 9.59 Å². The molecule has 0 bridgehead atoms. The summed E-state index contributed by atoms with van der Waals surface area (Å²) in [6.07, 6.45) is 4.15. The van der Waals surface area contributed by atoms with Gasteiger partial charge in [0.25, 0.3) is 0 Å². The van der Waals surface area contributed by atoms with Crippen molar-refractivity contribution in [1.29, 1.82) is 10.5 Å². The second kappa shape index (κ2) is 25.1. The average Bonchev–Trinajstić information content (AvgIpc) is 3.33. The molecule has 0 radical (unpaired) electrons. The molecule has 2 heterocycles. The average molecular weight is 958 g/mol. The second-order valence-electron chi connectivity index (χ2n) is 15.8. The zero-order chi connectivity index (χ0) is 48.4. The summed E-state index contributed by atoms with van der Waals surface area (Å²) in [5.41, 5.74) is 9.55. The van der Waals surface area contributed by atoms with Crippen LogP contribution in [0.15, 0.2) is 97.3 Å². The zero-order valence-electron chi connectivity index (χ0n) is 37.6. The molecule has 2 aromatic heterocycles. The van der Waals surface area contributed by atoms with Crippen molar-refractivity contribution in [3.63, 3.8) is 0 Å². The predicted molar refractivity (Wildman–Crippen MR) is 257 cm³/mol. The third kappa shape index (κ3) is 14.4. The van der Waals surface area contributed by atoms with E-state index < -0.39 is 11.9 Å². The van der Waals surface area contributed by atoms with Gasteiger partial charge in [-0.05, 0) is 121 Å². The van der Waals surface area contributed by atoms with Crippen LogP contribution in [0.2, 0.25) is 10.0 Å². The van der Waals surface area contributed by atoms with Gasteiger partial charge in [0, 0.05) is 61.6 Å². The number of pyridine rings is 2. The maximum Gasteiger partial charge on any atom is 0.303 e. The van der Waals surface area contributed by atoms with Gasteiger partial charge in [-0.15, -0.1) is 0 Å². The molecule has 0 aliphatic carbocycles. The first-order valence-electron chi connectivity index (χ1n) is 21.8. The number of nitrogens with zero attached hydrogens (tertiary/aromatic N) is 4. The standard InChI is InChI=1S/C52H50Cl2N6O8/c1-33-37(31-67-49-23-47(65-29-35-13-17-59-41(19-35)25-55)39(21-45(49)53)27-57-15-5-11-51(61)62)7-3-9-43(33)44-10-4-8-38(34(44)2)32-68-50-24-48(66-30-36-14-18-60-42(20-36)26-56)40(22-46(50)54)28-58-16-6-12-52(63)64/h3-4,7-10,13-14,17-24,57-58H,5-6,11-12,15-16,27-32H2,1-2H3,(H,61,62)(H,63,64). The summed E-state index contributed by atoms with van der Waals surface area (Å²) in [6, 6.07) is 30.1. The Morgan fingerprint density at radius 3 is 1.38 bits per heavy atom. The Bertz CT molecular complexity index is 2640. The second-order valence-corrected chi connectivity index (χ2v) is 16.6. The molecular formula is C52H50Cl2N6O8. The summed E-state index contributed by atoms with van der Waals surface area (Å²) < 4.78 is 25.3. The Morgan fingerprint density at radius 2 is 0.985 bits per heavy atom. The summed E-state index contributed by atoms with van der Waals surface area (Å²) in [7, 11) is 0. The van der Waals surface area contributed by atoms with E-state index in [0.29, 0.717) is 72.1 Å². The van der Waals surface area contributed by atoms with Crippen LogP contribution in [0.5, 0.6) is 23.0 Å². The highest BCUT2D eigenvalue weighted by Gasteiger charge is 2.17. The van der Waals surface area contributed by atoms with Gasteiger partial charge in [0.1, 0.15) is 73.0 Å². The van der Waals surface area contributed by atoms with Crippen LogP contribution < -0.4 is 29.6 Å². The highest BCUT2D eigenvalue weighted by molar-refractivity contribution is 6.32. The molecule has 68 heavy (non-hydrogen) atoms. The lowest BCUT2D eigenvalue weighted by Gasteiger charge is -2.19. The monoisotopic (exact) mass is 956 g/mol. The number of aromatic nitrogens is 2. The molecule has 14 nitrogen and oxygen atoms in total. The summed E-state index contributed by atoms with van der Waals surface area (Å²) >= 11 is 13.6. The highest BCUT2D eigenvalue weighted by Crippen LogP contribution is 2.37. The number of benzene rings is 4. The van der Waals surface area contributed by atoms with Crippen molar-refractivity contribution in [1.82, 2.24) is 20.6 Å². The molecule has 0 aliphatic rings. The molecule has 0 saturated carbocycles. The first kappa shape index (κ1) is 50.2. The van der Waals surface area contributed by atoms with E-state index in [0.717, 1.165) is 55.6 Å². The Balaban J connectivity index is 1.17. The van der Waals surface area contributed by atoms with E-state index >= 15 is 0 Å². The molecular weight excluding hydrogens is 908 g/mol. The fourth-order valence-corrected chi connectivity index (χ4v) is 7.72. The maximum absolute atomic E-state index is 11.0. The normalized spacial score (nSPS) is 10.8. The first-order chi connectivity index (χ1) is 32.9. The summed E-state index contributed by atoms with van der Waals surface area (Å²) in [5.74, 6) is 0.168. The number of carboxylic acid groups (broad SMARTS) is 2. The van der Waals surface area contributed by atoms with Gasteiger partial charge in [0.15, 0.2) is 0 Å². The number of aliphatic carboxylic acids is 2. The summed E-state index contributed by atoms with van der Waals surface area (Å²) in [6.45, 7) is 6.58. The van der Waals surface area contributed by atoms with E-state index in [1.807, 2.05) is 50.3 Å². The number of nitrogens with one attached hydrogen (secondary N) is 2. The number of halogens is 2. The van der Waals surface area contributed by atoms with E-state index in [2.05, 4.69) is 32.7 Å². The molecule has 0 aliphatic heterocycles. The van der Waals surface area contributed by atoms with E-state index in [4.69, 9.17) is 52.4 Å². The Kier molecular flexibility index (Phi) is 18.5. The van der Waals surface area contributed by atoms with Crippen molar-refractivity contribution in [2.24, 2.45) is 0 Å². The Morgan fingerprint density at radius 1 is 0.574 bits per heavy atom. The number of carboxylic acids is 2. The fraction of sp³-hybridized carbons (Fsp3) is 0.269. The molecule has 0 fully saturated rings. The molecule has 0 spiro atoms. The van der Waals surface area contributed by atoms with Crippen molar-refractivity contribution in [3.05, 3.63) is 163 Å². The van der Waals surface area contributed by atoms with Crippen LogP contribution in [-0.4, -0.2) is 45.2 Å². The van der Waals surface area contributed by atoms with Crippen LogP contribution >= 0.6 is 23.2 Å². The lowest BCUT2D eigenvalue weighted by Crippen LogP contribution is -2.16. The van der Waals surface area contributed by atoms with Gasteiger partial charge in [0.05, 0.1) is 10.0 Å². The van der Waals surface area contributed by atoms with Crippen LogP contribution in [0.1, 0.15) is 81.6 Å². The third-order valence-electron chi connectivity index (χ3n) is 11.0. The van der Waals surface area contributed by atoms with Crippen molar-refractivity contribution in [3.8, 4) is 46.3 Å². The van der Waals surface area contributed by atoms with Crippen LogP contribution in [-0.2, 0) is 49.1 Å².